The first-order valence-electron chi connectivity index (χ1n) is 10.6. The number of halogens is 1. The molecular formula is C25H27ClN2O3. The second-order valence-electron chi connectivity index (χ2n) is 8.71. The van der Waals surface area contributed by atoms with Crippen LogP contribution in [-0.4, -0.2) is 36.9 Å². The van der Waals surface area contributed by atoms with Crippen molar-refractivity contribution in [2.24, 2.45) is 11.8 Å². The number of carbonyl (C=O) groups excluding carboxylic acids is 2. The van der Waals surface area contributed by atoms with Gasteiger partial charge in [0, 0.05) is 13.1 Å². The largest absolute Gasteiger partial charge is 0.495 e. The van der Waals surface area contributed by atoms with Crippen LogP contribution in [0.5, 0.6) is 5.75 Å². The van der Waals surface area contributed by atoms with Gasteiger partial charge < -0.3 is 9.64 Å². The predicted molar refractivity (Wildman–Crippen MR) is 123 cm³/mol. The Kier molecular flexibility index (Phi) is 5.80. The summed E-state index contributed by atoms with van der Waals surface area (Å²) in [6, 6.07) is 12.7. The molecule has 31 heavy (non-hydrogen) atoms. The van der Waals surface area contributed by atoms with E-state index in [0.717, 1.165) is 30.6 Å². The number of anilines is 1. The van der Waals surface area contributed by atoms with Crippen molar-refractivity contribution in [2.75, 3.05) is 25.1 Å². The summed E-state index contributed by atoms with van der Waals surface area (Å²) in [6.45, 7) is 7.89. The number of methoxy groups -OCH3 is 1. The number of rotatable bonds is 4. The van der Waals surface area contributed by atoms with E-state index in [1.54, 1.807) is 18.2 Å². The number of amides is 2. The van der Waals surface area contributed by atoms with Crippen LogP contribution in [-0.2, 0) is 9.59 Å². The lowest BCUT2D eigenvalue weighted by atomic mass is 9.91. The Balaban J connectivity index is 1.82. The molecule has 0 aromatic heterocycles. The molecule has 2 aromatic rings. The summed E-state index contributed by atoms with van der Waals surface area (Å²) in [6.07, 6.45) is 1.11. The van der Waals surface area contributed by atoms with Gasteiger partial charge in [0.1, 0.15) is 11.4 Å². The molecule has 5 nitrogen and oxygen atoms in total. The Bertz CT molecular complexity index is 1050. The lowest BCUT2D eigenvalue weighted by Crippen LogP contribution is -2.42. The maximum Gasteiger partial charge on any atom is 0.282 e. The highest BCUT2D eigenvalue weighted by Gasteiger charge is 2.43. The highest BCUT2D eigenvalue weighted by molar-refractivity contribution is 6.45. The highest BCUT2D eigenvalue weighted by Crippen LogP contribution is 2.39. The Morgan fingerprint density at radius 1 is 0.968 bits per heavy atom. The molecule has 1 fully saturated rings. The minimum Gasteiger partial charge on any atom is -0.495 e. The van der Waals surface area contributed by atoms with E-state index in [1.165, 1.54) is 12.0 Å². The average Bonchev–Trinajstić information content (AvgIpc) is 2.98. The van der Waals surface area contributed by atoms with Gasteiger partial charge in [-0.3, -0.25) is 9.59 Å². The SMILES string of the molecule is COc1ccc(N2C(=O)C(c3ccc(C)cc3)=C(N3CC(C)CC(C)C3)C2=O)cc1Cl. The molecule has 4 rings (SSSR count). The number of likely N-dealkylation sites (tertiary alicyclic amines) is 1. The topological polar surface area (TPSA) is 49.9 Å². The van der Waals surface area contributed by atoms with Gasteiger partial charge in [-0.2, -0.15) is 0 Å². The number of ether oxygens (including phenoxy) is 1. The van der Waals surface area contributed by atoms with E-state index in [9.17, 15) is 9.59 Å². The number of imide groups is 1. The van der Waals surface area contributed by atoms with Crippen LogP contribution in [0.15, 0.2) is 48.2 Å². The van der Waals surface area contributed by atoms with E-state index in [2.05, 4.69) is 18.7 Å². The first kappa shape index (κ1) is 21.4. The van der Waals surface area contributed by atoms with Crippen molar-refractivity contribution in [3.8, 4) is 5.75 Å². The van der Waals surface area contributed by atoms with Crippen molar-refractivity contribution < 1.29 is 14.3 Å². The fourth-order valence-corrected chi connectivity index (χ4v) is 4.92. The molecule has 0 spiro atoms. The Morgan fingerprint density at radius 2 is 1.61 bits per heavy atom. The first-order chi connectivity index (χ1) is 14.8. The summed E-state index contributed by atoms with van der Waals surface area (Å²) in [5.74, 6) is 0.764. The molecule has 0 radical (unpaired) electrons. The molecule has 2 amide bonds. The standard InChI is InChI=1S/C25H27ClN2O3/c1-15-5-7-18(8-6-15)22-23(27-13-16(2)11-17(3)14-27)25(30)28(24(22)29)19-9-10-21(31-4)20(26)12-19/h5-10,12,16-17H,11,13-14H2,1-4H3. The fraction of sp³-hybridized carbons (Fsp3) is 0.360. The zero-order valence-electron chi connectivity index (χ0n) is 18.3. The summed E-state index contributed by atoms with van der Waals surface area (Å²) in [4.78, 5) is 30.6. The lowest BCUT2D eigenvalue weighted by Gasteiger charge is -2.37. The van der Waals surface area contributed by atoms with Gasteiger partial charge in [-0.25, -0.2) is 4.90 Å². The van der Waals surface area contributed by atoms with Crippen molar-refractivity contribution in [1.29, 1.82) is 0 Å². The van der Waals surface area contributed by atoms with E-state index in [0.29, 0.717) is 39.6 Å². The summed E-state index contributed by atoms with van der Waals surface area (Å²) >= 11 is 6.30. The molecule has 0 bridgehead atoms. The summed E-state index contributed by atoms with van der Waals surface area (Å²) in [7, 11) is 1.53. The van der Waals surface area contributed by atoms with E-state index in [-0.39, 0.29) is 11.8 Å². The Labute approximate surface area is 188 Å². The second-order valence-corrected chi connectivity index (χ2v) is 9.11. The van der Waals surface area contributed by atoms with Crippen molar-refractivity contribution in [3.05, 3.63) is 64.3 Å². The third kappa shape index (κ3) is 3.94. The number of carbonyl (C=O) groups is 2. The molecular weight excluding hydrogens is 412 g/mol. The van der Waals surface area contributed by atoms with Gasteiger partial charge in [0.05, 0.1) is 23.4 Å². The van der Waals surface area contributed by atoms with Gasteiger partial charge in [0.2, 0.25) is 0 Å². The van der Waals surface area contributed by atoms with Crippen molar-refractivity contribution in [3.63, 3.8) is 0 Å². The van der Waals surface area contributed by atoms with Crippen LogP contribution in [0.4, 0.5) is 5.69 Å². The average molecular weight is 439 g/mol. The number of hydrogen-bond donors (Lipinski definition) is 0. The van der Waals surface area contributed by atoms with Gasteiger partial charge in [-0.15, -0.1) is 0 Å². The van der Waals surface area contributed by atoms with Crippen LogP contribution in [0, 0.1) is 18.8 Å². The molecule has 2 aliphatic rings. The third-order valence-corrected chi connectivity index (χ3v) is 6.27. The fourth-order valence-electron chi connectivity index (χ4n) is 4.67. The molecule has 0 N–H and O–H groups in total. The lowest BCUT2D eigenvalue weighted by molar-refractivity contribution is -0.120. The number of piperidine rings is 1. The third-order valence-electron chi connectivity index (χ3n) is 5.98. The van der Waals surface area contributed by atoms with E-state index < -0.39 is 0 Å². The zero-order valence-corrected chi connectivity index (χ0v) is 19.1. The van der Waals surface area contributed by atoms with Crippen LogP contribution in [0.1, 0.15) is 31.4 Å². The minimum atomic E-state index is -0.323. The molecule has 2 atom stereocenters. The molecule has 2 aromatic carbocycles. The van der Waals surface area contributed by atoms with Gasteiger partial charge >= 0.3 is 0 Å². The molecule has 2 heterocycles. The van der Waals surface area contributed by atoms with Gasteiger partial charge in [-0.1, -0.05) is 55.3 Å². The van der Waals surface area contributed by atoms with Crippen LogP contribution in [0.2, 0.25) is 5.02 Å². The minimum absolute atomic E-state index is 0.303. The zero-order chi connectivity index (χ0) is 22.3. The van der Waals surface area contributed by atoms with Crippen molar-refractivity contribution in [1.82, 2.24) is 4.90 Å². The van der Waals surface area contributed by atoms with E-state index in [4.69, 9.17) is 16.3 Å². The van der Waals surface area contributed by atoms with Gasteiger partial charge in [-0.05, 0) is 48.9 Å². The molecule has 162 valence electrons. The Hall–Kier alpha value is -2.79. The number of benzene rings is 2. The smallest absolute Gasteiger partial charge is 0.282 e. The molecule has 1 saturated heterocycles. The molecule has 2 unspecified atom stereocenters. The summed E-state index contributed by atoms with van der Waals surface area (Å²) in [5, 5.41) is 0.353. The maximum atomic E-state index is 13.7. The van der Waals surface area contributed by atoms with Crippen molar-refractivity contribution >= 4 is 34.7 Å². The Morgan fingerprint density at radius 3 is 2.19 bits per heavy atom. The van der Waals surface area contributed by atoms with Gasteiger partial charge in [0.15, 0.2) is 0 Å². The number of aryl methyl sites for hydroxylation is 1. The van der Waals surface area contributed by atoms with Crippen LogP contribution >= 0.6 is 11.6 Å². The number of hydrogen-bond acceptors (Lipinski definition) is 4. The molecule has 0 saturated carbocycles. The molecule has 2 aliphatic heterocycles. The summed E-state index contributed by atoms with van der Waals surface area (Å²) < 4.78 is 5.22. The second kappa shape index (κ2) is 8.39. The quantitative estimate of drug-likeness (QED) is 0.636. The van der Waals surface area contributed by atoms with Crippen LogP contribution in [0.25, 0.3) is 5.57 Å². The normalized spacial score (nSPS) is 21.8. The summed E-state index contributed by atoms with van der Waals surface area (Å²) in [5.41, 5.74) is 3.24. The van der Waals surface area contributed by atoms with Crippen LogP contribution < -0.4 is 9.64 Å². The predicted octanol–water partition coefficient (Wildman–Crippen LogP) is 4.92. The van der Waals surface area contributed by atoms with Gasteiger partial charge in [0.25, 0.3) is 11.8 Å². The first-order valence-corrected chi connectivity index (χ1v) is 11.0. The molecule has 0 aliphatic carbocycles. The molecule has 6 heteroatoms. The maximum absolute atomic E-state index is 13.7. The van der Waals surface area contributed by atoms with E-state index >= 15 is 0 Å². The van der Waals surface area contributed by atoms with E-state index in [1.807, 2.05) is 31.2 Å². The number of nitrogens with zero attached hydrogens (tertiary/aromatic N) is 2. The van der Waals surface area contributed by atoms with Crippen molar-refractivity contribution in [2.45, 2.75) is 27.2 Å². The van der Waals surface area contributed by atoms with Crippen LogP contribution in [0.3, 0.4) is 0 Å². The monoisotopic (exact) mass is 438 g/mol. The highest BCUT2D eigenvalue weighted by atomic mass is 35.5.